The summed E-state index contributed by atoms with van der Waals surface area (Å²) >= 11 is 0. The first-order valence-electron chi connectivity index (χ1n) is 14.1. The van der Waals surface area contributed by atoms with Gasteiger partial charge in [0.15, 0.2) is 0 Å². The number of halogens is 1. The molecule has 0 unspecified atom stereocenters. The van der Waals surface area contributed by atoms with Gasteiger partial charge in [0.25, 0.3) is 10.0 Å². The lowest BCUT2D eigenvalue weighted by Crippen LogP contribution is -2.52. The normalized spacial score (nSPS) is 14.6. The Kier molecular flexibility index (Phi) is 9.81. The number of nitrogens with zero attached hydrogens (tertiary/aromatic N) is 2. The molecule has 3 aromatic rings. The van der Waals surface area contributed by atoms with Crippen molar-refractivity contribution in [3.05, 3.63) is 95.8 Å². The number of sulfonamides is 1. The van der Waals surface area contributed by atoms with Crippen LogP contribution in [0.3, 0.4) is 0 Å². The van der Waals surface area contributed by atoms with Gasteiger partial charge in [-0.3, -0.25) is 13.9 Å². The second-order valence-corrected chi connectivity index (χ2v) is 12.7. The van der Waals surface area contributed by atoms with Gasteiger partial charge in [0, 0.05) is 18.2 Å². The van der Waals surface area contributed by atoms with Crippen molar-refractivity contribution in [2.75, 3.05) is 10.8 Å². The monoisotopic (exact) mass is 579 g/mol. The molecule has 41 heavy (non-hydrogen) atoms. The van der Waals surface area contributed by atoms with Gasteiger partial charge in [0.2, 0.25) is 11.8 Å². The van der Waals surface area contributed by atoms with Crippen molar-refractivity contribution in [2.24, 2.45) is 0 Å². The molecular weight excluding hydrogens is 541 g/mol. The summed E-state index contributed by atoms with van der Waals surface area (Å²) in [6, 6.07) is 20.1. The van der Waals surface area contributed by atoms with Crippen LogP contribution in [0.2, 0.25) is 0 Å². The summed E-state index contributed by atoms with van der Waals surface area (Å²) < 4.78 is 43.5. The minimum atomic E-state index is -4.15. The summed E-state index contributed by atoms with van der Waals surface area (Å²) in [6.07, 6.45) is 3.79. The Labute approximate surface area is 242 Å². The van der Waals surface area contributed by atoms with Crippen LogP contribution in [0.1, 0.15) is 63.5 Å². The summed E-state index contributed by atoms with van der Waals surface area (Å²) in [7, 11) is -4.15. The molecular formula is C32H38FN3O4S. The molecule has 0 radical (unpaired) electrons. The maximum absolute atomic E-state index is 14.7. The molecule has 4 rings (SSSR count). The number of carbonyl (C=O) groups is 2. The number of anilines is 1. The number of hydrogen-bond acceptors (Lipinski definition) is 4. The highest BCUT2D eigenvalue weighted by atomic mass is 32.2. The first kappa shape index (κ1) is 30.2. The van der Waals surface area contributed by atoms with E-state index in [0.717, 1.165) is 35.6 Å². The lowest BCUT2D eigenvalue weighted by molar-refractivity contribution is -0.139. The van der Waals surface area contributed by atoms with Gasteiger partial charge < -0.3 is 10.2 Å². The number of hydrogen-bond donors (Lipinski definition) is 1. The van der Waals surface area contributed by atoms with Crippen molar-refractivity contribution in [1.82, 2.24) is 10.2 Å². The molecule has 3 aromatic carbocycles. The van der Waals surface area contributed by atoms with Crippen LogP contribution in [-0.2, 0) is 26.2 Å². The Morgan fingerprint density at radius 1 is 0.902 bits per heavy atom. The third kappa shape index (κ3) is 7.33. The molecule has 1 aliphatic rings. The van der Waals surface area contributed by atoms with Gasteiger partial charge in [-0.25, -0.2) is 12.8 Å². The van der Waals surface area contributed by atoms with E-state index in [-0.39, 0.29) is 34.9 Å². The minimum absolute atomic E-state index is 0.0322. The minimum Gasteiger partial charge on any atom is -0.352 e. The van der Waals surface area contributed by atoms with Crippen LogP contribution in [-0.4, -0.2) is 43.8 Å². The van der Waals surface area contributed by atoms with Crippen molar-refractivity contribution in [3.63, 3.8) is 0 Å². The third-order valence-corrected chi connectivity index (χ3v) is 9.41. The summed E-state index contributed by atoms with van der Waals surface area (Å²) in [5.74, 6) is -1.23. The second kappa shape index (κ2) is 13.3. The Hall–Kier alpha value is -3.72. The second-order valence-electron chi connectivity index (χ2n) is 10.8. The molecule has 1 atom stereocenters. The van der Waals surface area contributed by atoms with Crippen molar-refractivity contribution in [2.45, 2.75) is 75.9 Å². The van der Waals surface area contributed by atoms with Gasteiger partial charge in [-0.05, 0) is 61.6 Å². The lowest BCUT2D eigenvalue weighted by atomic mass is 10.0. The van der Waals surface area contributed by atoms with E-state index in [4.69, 9.17) is 0 Å². The predicted octanol–water partition coefficient (Wildman–Crippen LogP) is 5.62. The largest absolute Gasteiger partial charge is 0.352 e. The van der Waals surface area contributed by atoms with Gasteiger partial charge in [0.1, 0.15) is 18.4 Å². The number of carbonyl (C=O) groups excluding carboxylic acids is 2. The molecule has 9 heteroatoms. The summed E-state index contributed by atoms with van der Waals surface area (Å²) in [6.45, 7) is 4.92. The molecule has 0 spiro atoms. The van der Waals surface area contributed by atoms with Gasteiger partial charge in [0.05, 0.1) is 10.6 Å². The van der Waals surface area contributed by atoms with E-state index in [1.807, 2.05) is 26.0 Å². The maximum atomic E-state index is 14.7. The molecule has 1 aliphatic carbocycles. The van der Waals surface area contributed by atoms with Crippen LogP contribution >= 0.6 is 0 Å². The maximum Gasteiger partial charge on any atom is 0.264 e. The van der Waals surface area contributed by atoms with Crippen molar-refractivity contribution in [1.29, 1.82) is 0 Å². The molecule has 0 bridgehead atoms. The van der Waals surface area contributed by atoms with Crippen LogP contribution in [0, 0.1) is 5.82 Å². The number of nitrogens with one attached hydrogen (secondary N) is 1. The van der Waals surface area contributed by atoms with Crippen LogP contribution < -0.4 is 9.62 Å². The first-order chi connectivity index (χ1) is 19.6. The van der Waals surface area contributed by atoms with Crippen molar-refractivity contribution < 1.29 is 22.4 Å². The fraction of sp³-hybridized carbons (Fsp3) is 0.375. The Bertz CT molecular complexity index is 1440. The molecule has 1 fully saturated rings. The lowest BCUT2D eigenvalue weighted by Gasteiger charge is -2.32. The molecule has 0 saturated heterocycles. The fourth-order valence-corrected chi connectivity index (χ4v) is 6.49. The molecule has 0 aromatic heterocycles. The van der Waals surface area contributed by atoms with E-state index in [9.17, 15) is 22.4 Å². The molecule has 218 valence electrons. The van der Waals surface area contributed by atoms with Crippen molar-refractivity contribution >= 4 is 27.5 Å². The zero-order valence-electron chi connectivity index (χ0n) is 23.8. The molecule has 7 nitrogen and oxygen atoms in total. The zero-order valence-corrected chi connectivity index (χ0v) is 24.6. The Balaban J connectivity index is 1.69. The Morgan fingerprint density at radius 3 is 2.12 bits per heavy atom. The molecule has 0 heterocycles. The van der Waals surface area contributed by atoms with Crippen LogP contribution in [0.15, 0.2) is 83.8 Å². The smallest absolute Gasteiger partial charge is 0.264 e. The third-order valence-electron chi connectivity index (χ3n) is 7.63. The van der Waals surface area contributed by atoms with E-state index in [1.54, 1.807) is 55.5 Å². The molecule has 1 N–H and O–H groups in total. The van der Waals surface area contributed by atoms with Gasteiger partial charge in [-0.1, -0.05) is 75.2 Å². The fourth-order valence-electron chi connectivity index (χ4n) is 5.06. The SMILES string of the molecule is CC(C)c1ccc(N(CC(=O)N(Cc2ccccc2F)[C@H](C)C(=O)NC2CCCC2)S(=O)(=O)c2ccccc2)cc1. The average molecular weight is 580 g/mol. The van der Waals surface area contributed by atoms with Gasteiger partial charge in [-0.15, -0.1) is 0 Å². The summed E-state index contributed by atoms with van der Waals surface area (Å²) in [5, 5.41) is 3.01. The van der Waals surface area contributed by atoms with Crippen LogP contribution in [0.4, 0.5) is 10.1 Å². The quantitative estimate of drug-likeness (QED) is 0.320. The van der Waals surface area contributed by atoms with E-state index in [0.29, 0.717) is 5.69 Å². The van der Waals surface area contributed by atoms with E-state index in [2.05, 4.69) is 5.32 Å². The predicted molar refractivity (Wildman–Crippen MR) is 158 cm³/mol. The van der Waals surface area contributed by atoms with E-state index in [1.165, 1.54) is 23.1 Å². The average Bonchev–Trinajstić information content (AvgIpc) is 3.48. The Morgan fingerprint density at radius 2 is 1.51 bits per heavy atom. The highest BCUT2D eigenvalue weighted by Crippen LogP contribution is 2.27. The summed E-state index contributed by atoms with van der Waals surface area (Å²) in [5.41, 5.74) is 1.58. The van der Waals surface area contributed by atoms with E-state index < -0.39 is 34.3 Å². The van der Waals surface area contributed by atoms with Gasteiger partial charge in [-0.2, -0.15) is 0 Å². The summed E-state index contributed by atoms with van der Waals surface area (Å²) in [4.78, 5) is 28.6. The zero-order chi connectivity index (χ0) is 29.6. The highest BCUT2D eigenvalue weighted by molar-refractivity contribution is 7.92. The number of amides is 2. The van der Waals surface area contributed by atoms with Crippen LogP contribution in [0.25, 0.3) is 0 Å². The van der Waals surface area contributed by atoms with Crippen LogP contribution in [0.5, 0.6) is 0 Å². The molecule has 2 amide bonds. The molecule has 1 saturated carbocycles. The standard InChI is InChI=1S/C32H38FN3O4S/c1-23(2)25-17-19-28(20-18-25)36(41(39,40)29-14-5-4-6-15-29)22-31(37)35(21-26-11-7-10-16-30(26)33)24(3)32(38)34-27-12-8-9-13-27/h4-7,10-11,14-20,23-24,27H,8-9,12-13,21-22H2,1-3H3,(H,34,38)/t24-/m1/s1. The van der Waals surface area contributed by atoms with Gasteiger partial charge >= 0.3 is 0 Å². The molecule has 0 aliphatic heterocycles. The topological polar surface area (TPSA) is 86.8 Å². The number of benzene rings is 3. The highest BCUT2D eigenvalue weighted by Gasteiger charge is 2.33. The first-order valence-corrected chi connectivity index (χ1v) is 15.5. The number of rotatable bonds is 11. The van der Waals surface area contributed by atoms with E-state index >= 15 is 0 Å². The van der Waals surface area contributed by atoms with Crippen molar-refractivity contribution in [3.8, 4) is 0 Å².